The van der Waals surface area contributed by atoms with E-state index in [0.29, 0.717) is 19.8 Å². The lowest BCUT2D eigenvalue weighted by Crippen LogP contribution is -2.16. The molecule has 0 amide bonds. The summed E-state index contributed by atoms with van der Waals surface area (Å²) in [6.45, 7) is 7.42. The van der Waals surface area contributed by atoms with Gasteiger partial charge in [-0.2, -0.15) is 0 Å². The molecule has 0 heterocycles. The van der Waals surface area contributed by atoms with Crippen LogP contribution in [0.25, 0.3) is 0 Å². The topological polar surface area (TPSA) is 44.8 Å². The number of carbonyl (C=O) groups is 1. The first kappa shape index (κ1) is 14.4. The average molecular weight is 218 g/mol. The van der Waals surface area contributed by atoms with E-state index in [1.165, 1.54) is 0 Å². The van der Waals surface area contributed by atoms with E-state index in [1.807, 2.05) is 20.8 Å². The van der Waals surface area contributed by atoms with E-state index in [4.69, 9.17) is 14.2 Å². The maximum Gasteiger partial charge on any atom is 0.332 e. The van der Waals surface area contributed by atoms with Gasteiger partial charge in [-0.15, -0.1) is 0 Å². The minimum Gasteiger partial charge on any atom is -0.464 e. The van der Waals surface area contributed by atoms with Gasteiger partial charge in [-0.05, 0) is 20.3 Å². The van der Waals surface area contributed by atoms with E-state index in [9.17, 15) is 4.79 Å². The Labute approximate surface area is 91.9 Å². The summed E-state index contributed by atoms with van der Waals surface area (Å²) in [6, 6.07) is 0. The molecular formula is C11H22O4. The summed E-state index contributed by atoms with van der Waals surface area (Å²) in [5.41, 5.74) is 0. The highest BCUT2D eigenvalue weighted by Crippen LogP contribution is 1.90. The molecule has 0 spiro atoms. The third kappa shape index (κ3) is 11.3. The van der Waals surface area contributed by atoms with Crippen LogP contribution in [0.3, 0.4) is 0 Å². The molecule has 0 aromatic carbocycles. The van der Waals surface area contributed by atoms with Crippen LogP contribution in [0.2, 0.25) is 0 Å². The first-order chi connectivity index (χ1) is 7.16. The maximum atomic E-state index is 11.0. The summed E-state index contributed by atoms with van der Waals surface area (Å²) in [5, 5.41) is 0. The molecule has 0 rings (SSSR count). The number of unbranched alkanes of at least 4 members (excludes halogenated alkanes) is 1. The van der Waals surface area contributed by atoms with Crippen molar-refractivity contribution in [3.05, 3.63) is 0 Å². The zero-order valence-electron chi connectivity index (χ0n) is 9.95. The molecule has 0 fully saturated rings. The van der Waals surface area contributed by atoms with Gasteiger partial charge in [-0.25, -0.2) is 4.79 Å². The first-order valence-electron chi connectivity index (χ1n) is 5.51. The Balaban J connectivity index is 3.17. The Hall–Kier alpha value is -0.610. The Bertz CT molecular complexity index is 157. The lowest BCUT2D eigenvalue weighted by Gasteiger charge is -2.08. The lowest BCUT2D eigenvalue weighted by molar-refractivity contribution is -0.149. The summed E-state index contributed by atoms with van der Waals surface area (Å²) in [7, 11) is 0. The zero-order valence-corrected chi connectivity index (χ0v) is 9.95. The van der Waals surface area contributed by atoms with Gasteiger partial charge in [0.25, 0.3) is 0 Å². The lowest BCUT2D eigenvalue weighted by atomic mass is 10.4. The highest BCUT2D eigenvalue weighted by molar-refractivity contribution is 5.70. The molecule has 0 saturated carbocycles. The van der Waals surface area contributed by atoms with Gasteiger partial charge in [0.1, 0.15) is 6.61 Å². The molecule has 0 saturated heterocycles. The number of ether oxygens (including phenoxy) is 3. The molecule has 0 aliphatic rings. The molecule has 0 radical (unpaired) electrons. The molecule has 4 nitrogen and oxygen atoms in total. The van der Waals surface area contributed by atoms with Crippen LogP contribution in [-0.2, 0) is 19.0 Å². The van der Waals surface area contributed by atoms with Crippen LogP contribution in [0.4, 0.5) is 0 Å². The van der Waals surface area contributed by atoms with Gasteiger partial charge < -0.3 is 14.2 Å². The number of hydrogen-bond acceptors (Lipinski definition) is 4. The molecule has 0 bridgehead atoms. The minimum absolute atomic E-state index is 0.0190. The molecule has 0 aliphatic heterocycles. The van der Waals surface area contributed by atoms with Crippen molar-refractivity contribution in [1.29, 1.82) is 0 Å². The normalized spacial score (nSPS) is 10.7. The molecule has 0 unspecified atom stereocenters. The summed E-state index contributed by atoms with van der Waals surface area (Å²) < 4.78 is 15.2. The van der Waals surface area contributed by atoms with Crippen molar-refractivity contribution in [3.8, 4) is 0 Å². The fraction of sp³-hybridized carbons (Fsp3) is 0.909. The van der Waals surface area contributed by atoms with Crippen molar-refractivity contribution in [2.24, 2.45) is 0 Å². The molecule has 15 heavy (non-hydrogen) atoms. The number of hydrogen-bond donors (Lipinski definition) is 0. The summed E-state index contributed by atoms with van der Waals surface area (Å²) in [4.78, 5) is 11.0. The van der Waals surface area contributed by atoms with Crippen molar-refractivity contribution in [1.82, 2.24) is 0 Å². The highest BCUT2D eigenvalue weighted by Gasteiger charge is 2.02. The van der Waals surface area contributed by atoms with Crippen LogP contribution >= 0.6 is 0 Å². The van der Waals surface area contributed by atoms with Crippen molar-refractivity contribution in [2.75, 3.05) is 26.4 Å². The second-order valence-corrected chi connectivity index (χ2v) is 3.55. The smallest absolute Gasteiger partial charge is 0.332 e. The Morgan fingerprint density at radius 2 is 1.93 bits per heavy atom. The monoisotopic (exact) mass is 218 g/mol. The third-order valence-electron chi connectivity index (χ3n) is 1.66. The standard InChI is InChI=1S/C11H22O4/c1-4-5-6-15-11(12)9-13-7-8-14-10(2)3/h10H,4-9H2,1-3H3. The van der Waals surface area contributed by atoms with Gasteiger partial charge >= 0.3 is 5.97 Å². The van der Waals surface area contributed by atoms with Crippen LogP contribution in [0.1, 0.15) is 33.6 Å². The molecule has 4 heteroatoms. The van der Waals surface area contributed by atoms with E-state index in [2.05, 4.69) is 0 Å². The molecule has 0 N–H and O–H groups in total. The third-order valence-corrected chi connectivity index (χ3v) is 1.66. The van der Waals surface area contributed by atoms with Crippen molar-refractivity contribution >= 4 is 5.97 Å². The van der Waals surface area contributed by atoms with Gasteiger partial charge in [-0.3, -0.25) is 0 Å². The Kier molecular flexibility index (Phi) is 9.52. The fourth-order valence-corrected chi connectivity index (χ4v) is 0.870. The molecule has 0 aliphatic carbocycles. The highest BCUT2D eigenvalue weighted by atomic mass is 16.6. The van der Waals surface area contributed by atoms with Crippen LogP contribution in [-0.4, -0.2) is 38.5 Å². The van der Waals surface area contributed by atoms with Crippen molar-refractivity contribution in [2.45, 2.75) is 39.7 Å². The Morgan fingerprint density at radius 3 is 2.53 bits per heavy atom. The summed E-state index contributed by atoms with van der Waals surface area (Å²) >= 11 is 0. The molecule has 90 valence electrons. The largest absolute Gasteiger partial charge is 0.464 e. The van der Waals surface area contributed by atoms with E-state index < -0.39 is 0 Å². The first-order valence-corrected chi connectivity index (χ1v) is 5.51. The Morgan fingerprint density at radius 1 is 1.20 bits per heavy atom. The van der Waals surface area contributed by atoms with Gasteiger partial charge in [0, 0.05) is 0 Å². The van der Waals surface area contributed by atoms with Gasteiger partial charge in [-0.1, -0.05) is 13.3 Å². The molecule has 0 aromatic heterocycles. The van der Waals surface area contributed by atoms with E-state index >= 15 is 0 Å². The maximum absolute atomic E-state index is 11.0. The van der Waals surface area contributed by atoms with Crippen LogP contribution in [0, 0.1) is 0 Å². The van der Waals surface area contributed by atoms with Crippen molar-refractivity contribution in [3.63, 3.8) is 0 Å². The molecule has 0 atom stereocenters. The van der Waals surface area contributed by atoms with E-state index in [-0.39, 0.29) is 18.7 Å². The predicted octanol–water partition coefficient (Wildman–Crippen LogP) is 1.77. The second-order valence-electron chi connectivity index (χ2n) is 3.55. The number of rotatable bonds is 9. The fourth-order valence-electron chi connectivity index (χ4n) is 0.870. The minimum atomic E-state index is -0.298. The number of esters is 1. The van der Waals surface area contributed by atoms with Gasteiger partial charge in [0.2, 0.25) is 0 Å². The predicted molar refractivity (Wildman–Crippen MR) is 57.8 cm³/mol. The quantitative estimate of drug-likeness (QED) is 0.437. The van der Waals surface area contributed by atoms with Crippen molar-refractivity contribution < 1.29 is 19.0 Å². The number of carbonyl (C=O) groups excluding carboxylic acids is 1. The SMILES string of the molecule is CCCCOC(=O)COCCOC(C)C. The zero-order chi connectivity index (χ0) is 11.5. The van der Waals surface area contributed by atoms with E-state index in [0.717, 1.165) is 12.8 Å². The molecule has 0 aromatic rings. The summed E-state index contributed by atoms with van der Waals surface area (Å²) in [6.07, 6.45) is 2.13. The van der Waals surface area contributed by atoms with Crippen LogP contribution < -0.4 is 0 Å². The summed E-state index contributed by atoms with van der Waals surface area (Å²) in [5.74, 6) is -0.298. The van der Waals surface area contributed by atoms with Gasteiger partial charge in [0.15, 0.2) is 0 Å². The average Bonchev–Trinajstić information content (AvgIpc) is 2.17. The van der Waals surface area contributed by atoms with Crippen LogP contribution in [0.5, 0.6) is 0 Å². The van der Waals surface area contributed by atoms with Crippen LogP contribution in [0.15, 0.2) is 0 Å². The van der Waals surface area contributed by atoms with E-state index in [1.54, 1.807) is 0 Å². The van der Waals surface area contributed by atoms with Gasteiger partial charge in [0.05, 0.1) is 25.9 Å². The second kappa shape index (κ2) is 9.93. The molecular weight excluding hydrogens is 196 g/mol.